The van der Waals surface area contributed by atoms with E-state index in [0.29, 0.717) is 5.69 Å². The predicted octanol–water partition coefficient (Wildman–Crippen LogP) is 2.60. The van der Waals surface area contributed by atoms with Gasteiger partial charge < -0.3 is 15.0 Å². The van der Waals surface area contributed by atoms with Crippen molar-refractivity contribution >= 4 is 23.5 Å². The Balaban J connectivity index is 1.49. The summed E-state index contributed by atoms with van der Waals surface area (Å²) >= 11 is 0. The molecule has 0 aromatic heterocycles. The van der Waals surface area contributed by atoms with Crippen LogP contribution >= 0.6 is 0 Å². The Morgan fingerprint density at radius 2 is 1.86 bits per heavy atom. The molecule has 0 aliphatic carbocycles. The number of hydrogen-bond acceptors (Lipinski definition) is 4. The largest absolute Gasteiger partial charge is 0.455 e. The summed E-state index contributed by atoms with van der Waals surface area (Å²) in [5.74, 6) is -2.31. The number of nitrogens with zero attached hydrogens (tertiary/aromatic N) is 1. The van der Waals surface area contributed by atoms with Gasteiger partial charge in [-0.15, -0.1) is 0 Å². The van der Waals surface area contributed by atoms with Crippen molar-refractivity contribution < 1.29 is 23.5 Å². The number of halogens is 1. The lowest BCUT2D eigenvalue weighted by Crippen LogP contribution is -2.32. The zero-order valence-electron chi connectivity index (χ0n) is 15.4. The highest BCUT2D eigenvalue weighted by atomic mass is 19.1. The standard InChI is InChI=1S/C21H21FN2O4/c1-14(15-5-3-2-4-6-15)23-19(25)13-28-21(27)16-11-20(26)24(12-16)18-9-7-17(22)8-10-18/h2-10,14,16H,11-13H2,1H3,(H,23,25)/t14-,16+/m0/s1. The van der Waals surface area contributed by atoms with Crippen LogP contribution in [0.15, 0.2) is 54.6 Å². The normalized spacial score (nSPS) is 17.3. The number of nitrogens with one attached hydrogen (secondary N) is 1. The maximum absolute atomic E-state index is 13.0. The SMILES string of the molecule is C[C@H](NC(=O)COC(=O)[C@@H]1CC(=O)N(c2ccc(F)cc2)C1)c1ccccc1. The molecule has 2 amide bonds. The van der Waals surface area contributed by atoms with Crippen molar-refractivity contribution in [1.29, 1.82) is 0 Å². The van der Waals surface area contributed by atoms with Crippen LogP contribution in [0.4, 0.5) is 10.1 Å². The molecule has 0 spiro atoms. The molecule has 1 aliphatic heterocycles. The first-order valence-corrected chi connectivity index (χ1v) is 9.01. The van der Waals surface area contributed by atoms with Gasteiger partial charge in [-0.2, -0.15) is 0 Å². The molecule has 1 aliphatic rings. The van der Waals surface area contributed by atoms with Gasteiger partial charge in [0.2, 0.25) is 5.91 Å². The molecule has 7 heteroatoms. The van der Waals surface area contributed by atoms with Crippen molar-refractivity contribution in [2.75, 3.05) is 18.1 Å². The smallest absolute Gasteiger partial charge is 0.311 e. The summed E-state index contributed by atoms with van der Waals surface area (Å²) < 4.78 is 18.1. The van der Waals surface area contributed by atoms with Crippen LogP contribution in [-0.4, -0.2) is 30.9 Å². The second-order valence-electron chi connectivity index (χ2n) is 6.69. The molecule has 2 atom stereocenters. The molecule has 0 unspecified atom stereocenters. The summed E-state index contributed by atoms with van der Waals surface area (Å²) in [6, 6.07) is 14.7. The van der Waals surface area contributed by atoms with Gasteiger partial charge in [0.15, 0.2) is 6.61 Å². The zero-order chi connectivity index (χ0) is 20.1. The summed E-state index contributed by atoms with van der Waals surface area (Å²) in [5.41, 5.74) is 1.47. The average Bonchev–Trinajstić information content (AvgIpc) is 3.09. The van der Waals surface area contributed by atoms with E-state index < -0.39 is 30.2 Å². The monoisotopic (exact) mass is 384 g/mol. The van der Waals surface area contributed by atoms with E-state index in [-0.39, 0.29) is 24.9 Å². The minimum Gasteiger partial charge on any atom is -0.455 e. The van der Waals surface area contributed by atoms with Gasteiger partial charge in [0.25, 0.3) is 5.91 Å². The first-order valence-electron chi connectivity index (χ1n) is 9.01. The minimum atomic E-state index is -0.656. The number of carbonyl (C=O) groups excluding carboxylic acids is 3. The van der Waals surface area contributed by atoms with Crippen molar-refractivity contribution in [1.82, 2.24) is 5.32 Å². The Bertz CT molecular complexity index is 854. The summed E-state index contributed by atoms with van der Waals surface area (Å²) in [5, 5.41) is 2.76. The van der Waals surface area contributed by atoms with Gasteiger partial charge in [-0.25, -0.2) is 4.39 Å². The molecular weight excluding hydrogens is 363 g/mol. The number of amides is 2. The zero-order valence-corrected chi connectivity index (χ0v) is 15.4. The van der Waals surface area contributed by atoms with E-state index in [1.165, 1.54) is 29.2 Å². The van der Waals surface area contributed by atoms with E-state index in [2.05, 4.69) is 5.32 Å². The van der Waals surface area contributed by atoms with Gasteiger partial charge in [0, 0.05) is 18.7 Å². The van der Waals surface area contributed by atoms with E-state index >= 15 is 0 Å². The number of rotatable bonds is 6. The van der Waals surface area contributed by atoms with Gasteiger partial charge in [-0.05, 0) is 36.8 Å². The lowest BCUT2D eigenvalue weighted by Gasteiger charge is -2.17. The Morgan fingerprint density at radius 1 is 1.18 bits per heavy atom. The minimum absolute atomic E-state index is 0.00174. The molecule has 3 rings (SSSR count). The highest BCUT2D eigenvalue weighted by Gasteiger charge is 2.36. The van der Waals surface area contributed by atoms with Crippen molar-refractivity contribution in [3.8, 4) is 0 Å². The number of ether oxygens (including phenoxy) is 1. The topological polar surface area (TPSA) is 75.7 Å². The number of benzene rings is 2. The van der Waals surface area contributed by atoms with Gasteiger partial charge in [-0.1, -0.05) is 30.3 Å². The van der Waals surface area contributed by atoms with Crippen molar-refractivity contribution in [3.63, 3.8) is 0 Å². The van der Waals surface area contributed by atoms with Crippen LogP contribution in [0, 0.1) is 11.7 Å². The van der Waals surface area contributed by atoms with Crippen LogP contribution in [0.25, 0.3) is 0 Å². The first-order chi connectivity index (χ1) is 13.4. The Kier molecular flexibility index (Phi) is 6.03. The molecule has 2 aromatic rings. The molecule has 1 heterocycles. The molecule has 28 heavy (non-hydrogen) atoms. The molecular formula is C21H21FN2O4. The van der Waals surface area contributed by atoms with Gasteiger partial charge >= 0.3 is 5.97 Å². The van der Waals surface area contributed by atoms with E-state index in [9.17, 15) is 18.8 Å². The molecule has 1 fully saturated rings. The quantitative estimate of drug-likeness (QED) is 0.777. The van der Waals surface area contributed by atoms with Crippen LogP contribution in [0.5, 0.6) is 0 Å². The van der Waals surface area contributed by atoms with Crippen molar-refractivity contribution in [2.45, 2.75) is 19.4 Å². The Morgan fingerprint density at radius 3 is 2.54 bits per heavy atom. The molecule has 0 saturated carbocycles. The number of carbonyl (C=O) groups is 3. The summed E-state index contributed by atoms with van der Waals surface area (Å²) in [4.78, 5) is 37.8. The van der Waals surface area contributed by atoms with E-state index in [0.717, 1.165) is 5.56 Å². The third-order valence-corrected chi connectivity index (χ3v) is 4.62. The summed E-state index contributed by atoms with van der Waals surface area (Å²) in [6.07, 6.45) is -0.00174. The molecule has 1 saturated heterocycles. The van der Waals surface area contributed by atoms with Crippen molar-refractivity contribution in [2.24, 2.45) is 5.92 Å². The molecule has 0 bridgehead atoms. The molecule has 0 radical (unpaired) electrons. The highest BCUT2D eigenvalue weighted by Crippen LogP contribution is 2.26. The van der Waals surface area contributed by atoms with E-state index in [1.807, 2.05) is 37.3 Å². The Labute approximate surface area is 162 Å². The lowest BCUT2D eigenvalue weighted by atomic mass is 10.1. The average molecular weight is 384 g/mol. The molecule has 146 valence electrons. The van der Waals surface area contributed by atoms with Gasteiger partial charge in [0.1, 0.15) is 5.82 Å². The van der Waals surface area contributed by atoms with Gasteiger partial charge in [0.05, 0.1) is 12.0 Å². The third kappa shape index (κ3) is 4.73. The summed E-state index contributed by atoms with van der Waals surface area (Å²) in [6.45, 7) is 1.58. The number of hydrogen-bond donors (Lipinski definition) is 1. The fraction of sp³-hybridized carbons (Fsp3) is 0.286. The molecule has 1 N–H and O–H groups in total. The van der Waals surface area contributed by atoms with Gasteiger partial charge in [-0.3, -0.25) is 14.4 Å². The highest BCUT2D eigenvalue weighted by molar-refractivity contribution is 5.99. The second kappa shape index (κ2) is 8.65. The van der Waals surface area contributed by atoms with E-state index in [4.69, 9.17) is 4.74 Å². The predicted molar refractivity (Wildman–Crippen MR) is 101 cm³/mol. The molecule has 2 aromatic carbocycles. The maximum atomic E-state index is 13.0. The fourth-order valence-corrected chi connectivity index (χ4v) is 3.10. The van der Waals surface area contributed by atoms with Crippen LogP contribution in [0.3, 0.4) is 0 Å². The summed E-state index contributed by atoms with van der Waals surface area (Å²) in [7, 11) is 0. The second-order valence-corrected chi connectivity index (χ2v) is 6.69. The number of esters is 1. The fourth-order valence-electron chi connectivity index (χ4n) is 3.10. The Hall–Kier alpha value is -3.22. The van der Waals surface area contributed by atoms with Crippen LogP contribution in [-0.2, 0) is 19.1 Å². The number of anilines is 1. The van der Waals surface area contributed by atoms with Crippen LogP contribution in [0.2, 0.25) is 0 Å². The van der Waals surface area contributed by atoms with Crippen molar-refractivity contribution in [3.05, 3.63) is 66.0 Å². The third-order valence-electron chi connectivity index (χ3n) is 4.62. The lowest BCUT2D eigenvalue weighted by molar-refractivity contribution is -0.152. The maximum Gasteiger partial charge on any atom is 0.311 e. The van der Waals surface area contributed by atoms with E-state index in [1.54, 1.807) is 0 Å². The van der Waals surface area contributed by atoms with Crippen LogP contribution < -0.4 is 10.2 Å². The molecule has 6 nitrogen and oxygen atoms in total. The first kappa shape index (κ1) is 19.5. The van der Waals surface area contributed by atoms with Crippen LogP contribution in [0.1, 0.15) is 24.9 Å².